The number of ketones is 1. The molecule has 0 spiro atoms. The average Bonchev–Trinajstić information content (AvgIpc) is 2.05. The topological polar surface area (TPSA) is 17.1 Å². The van der Waals surface area contributed by atoms with Crippen LogP contribution < -0.4 is 0 Å². The highest BCUT2D eigenvalue weighted by atomic mass is 19.1. The second-order valence-corrected chi connectivity index (χ2v) is 4.03. The van der Waals surface area contributed by atoms with Crippen LogP contribution in [0.2, 0.25) is 0 Å². The largest absolute Gasteiger partial charge is 0.300 e. The lowest BCUT2D eigenvalue weighted by atomic mass is 9.70. The molecule has 1 fully saturated rings. The van der Waals surface area contributed by atoms with Gasteiger partial charge >= 0.3 is 0 Å². The Morgan fingerprint density at radius 2 is 1.86 bits per heavy atom. The summed E-state index contributed by atoms with van der Waals surface area (Å²) < 4.78 is 12.6. The van der Waals surface area contributed by atoms with E-state index in [0.29, 0.717) is 5.92 Å². The molecule has 0 unspecified atom stereocenters. The Morgan fingerprint density at radius 3 is 2.36 bits per heavy atom. The van der Waals surface area contributed by atoms with Crippen molar-refractivity contribution in [2.24, 2.45) is 5.92 Å². The van der Waals surface area contributed by atoms with Crippen LogP contribution >= 0.6 is 0 Å². The van der Waals surface area contributed by atoms with Crippen molar-refractivity contribution in [3.8, 4) is 0 Å². The number of carbonyl (C=O) groups excluding carboxylic acids is 1. The zero-order valence-electron chi connectivity index (χ0n) is 8.16. The summed E-state index contributed by atoms with van der Waals surface area (Å²) in [5.74, 6) is 0.786. The molecular weight excluding hydrogens is 179 g/mol. The van der Waals surface area contributed by atoms with E-state index in [1.807, 2.05) is 12.1 Å². The van der Waals surface area contributed by atoms with E-state index in [2.05, 4.69) is 0 Å². The molecule has 1 aliphatic carbocycles. The van der Waals surface area contributed by atoms with Gasteiger partial charge in [-0.05, 0) is 43.4 Å². The van der Waals surface area contributed by atoms with Gasteiger partial charge in [0.2, 0.25) is 0 Å². The van der Waals surface area contributed by atoms with Crippen LogP contribution in [0.1, 0.15) is 31.2 Å². The fourth-order valence-corrected chi connectivity index (χ4v) is 1.96. The normalized spacial score (nSPS) is 25.6. The highest BCUT2D eigenvalue weighted by Crippen LogP contribution is 2.41. The average molecular weight is 192 g/mol. The maximum atomic E-state index is 12.6. The Balaban J connectivity index is 2.00. The van der Waals surface area contributed by atoms with Crippen molar-refractivity contribution in [1.82, 2.24) is 0 Å². The van der Waals surface area contributed by atoms with Crippen LogP contribution in [0.4, 0.5) is 4.39 Å². The molecule has 0 heterocycles. The standard InChI is InChI=1S/C12H13FO/c1-8(14)10-6-11(7-10)9-2-4-12(13)5-3-9/h2-5,10-11H,6-7H2,1H3. The van der Waals surface area contributed by atoms with Gasteiger partial charge in [0.25, 0.3) is 0 Å². The van der Waals surface area contributed by atoms with E-state index in [1.54, 1.807) is 6.92 Å². The summed E-state index contributed by atoms with van der Waals surface area (Å²) in [5.41, 5.74) is 1.16. The van der Waals surface area contributed by atoms with E-state index < -0.39 is 0 Å². The lowest BCUT2D eigenvalue weighted by Crippen LogP contribution is -2.27. The lowest BCUT2D eigenvalue weighted by molar-refractivity contribution is -0.123. The molecule has 2 rings (SSSR count). The fraction of sp³-hybridized carbons (Fsp3) is 0.417. The molecule has 1 nitrogen and oxygen atoms in total. The molecule has 1 aromatic carbocycles. The van der Waals surface area contributed by atoms with Crippen molar-refractivity contribution in [2.75, 3.05) is 0 Å². The van der Waals surface area contributed by atoms with E-state index in [9.17, 15) is 9.18 Å². The summed E-state index contributed by atoms with van der Waals surface area (Å²) in [6, 6.07) is 6.60. The van der Waals surface area contributed by atoms with Crippen molar-refractivity contribution in [2.45, 2.75) is 25.7 Å². The number of carbonyl (C=O) groups is 1. The van der Waals surface area contributed by atoms with Crippen molar-refractivity contribution in [3.05, 3.63) is 35.6 Å². The van der Waals surface area contributed by atoms with Crippen LogP contribution in [-0.4, -0.2) is 5.78 Å². The van der Waals surface area contributed by atoms with Gasteiger partial charge in [0, 0.05) is 5.92 Å². The third-order valence-electron chi connectivity index (χ3n) is 3.05. The number of benzene rings is 1. The Bertz CT molecular complexity index is 336. The molecule has 0 N–H and O–H groups in total. The molecular formula is C12H13FO. The third-order valence-corrected chi connectivity index (χ3v) is 3.05. The van der Waals surface area contributed by atoms with E-state index in [0.717, 1.165) is 18.4 Å². The molecule has 1 aliphatic rings. The Kier molecular flexibility index (Phi) is 2.36. The first-order valence-electron chi connectivity index (χ1n) is 4.92. The van der Waals surface area contributed by atoms with Crippen LogP contribution in [-0.2, 0) is 4.79 Å². The summed E-state index contributed by atoms with van der Waals surface area (Å²) in [6.45, 7) is 1.64. The van der Waals surface area contributed by atoms with Gasteiger partial charge in [0.15, 0.2) is 0 Å². The van der Waals surface area contributed by atoms with Gasteiger partial charge in [0.05, 0.1) is 0 Å². The van der Waals surface area contributed by atoms with E-state index in [4.69, 9.17) is 0 Å². The SMILES string of the molecule is CC(=O)C1CC(c2ccc(F)cc2)C1. The predicted octanol–water partition coefficient (Wildman–Crippen LogP) is 2.91. The quantitative estimate of drug-likeness (QED) is 0.704. The molecule has 0 saturated heterocycles. The summed E-state index contributed by atoms with van der Waals surface area (Å²) in [6.07, 6.45) is 1.86. The second-order valence-electron chi connectivity index (χ2n) is 4.03. The zero-order valence-corrected chi connectivity index (χ0v) is 8.16. The Hall–Kier alpha value is -1.18. The second kappa shape index (κ2) is 3.52. The highest BCUT2D eigenvalue weighted by Gasteiger charge is 2.32. The first-order valence-corrected chi connectivity index (χ1v) is 4.92. The molecule has 0 amide bonds. The van der Waals surface area contributed by atoms with Crippen molar-refractivity contribution in [1.29, 1.82) is 0 Å². The van der Waals surface area contributed by atoms with Crippen molar-refractivity contribution >= 4 is 5.78 Å². The minimum absolute atomic E-state index is 0.198. The first-order chi connectivity index (χ1) is 6.66. The summed E-state index contributed by atoms with van der Waals surface area (Å²) >= 11 is 0. The number of halogens is 1. The molecule has 1 aromatic rings. The lowest BCUT2D eigenvalue weighted by Gasteiger charge is -2.33. The minimum Gasteiger partial charge on any atom is -0.300 e. The molecule has 0 radical (unpaired) electrons. The maximum absolute atomic E-state index is 12.6. The van der Waals surface area contributed by atoms with Crippen LogP contribution in [0.15, 0.2) is 24.3 Å². The minimum atomic E-state index is -0.198. The van der Waals surface area contributed by atoms with Crippen LogP contribution in [0, 0.1) is 11.7 Å². The summed E-state index contributed by atoms with van der Waals surface area (Å²) in [4.78, 5) is 11.0. The molecule has 2 heteroatoms. The van der Waals surface area contributed by atoms with E-state index >= 15 is 0 Å². The van der Waals surface area contributed by atoms with E-state index in [1.165, 1.54) is 12.1 Å². The molecule has 1 saturated carbocycles. The smallest absolute Gasteiger partial charge is 0.132 e. The van der Waals surface area contributed by atoms with Crippen LogP contribution in [0.5, 0.6) is 0 Å². The van der Waals surface area contributed by atoms with Gasteiger partial charge in [-0.3, -0.25) is 4.79 Å². The predicted molar refractivity (Wildman–Crippen MR) is 52.5 cm³/mol. The number of Topliss-reactive ketones (excluding diaryl/α,β-unsaturated/α-hetero) is 1. The van der Waals surface area contributed by atoms with Crippen LogP contribution in [0.25, 0.3) is 0 Å². The molecule has 0 bridgehead atoms. The van der Waals surface area contributed by atoms with E-state index in [-0.39, 0.29) is 17.5 Å². The number of hydrogen-bond donors (Lipinski definition) is 0. The van der Waals surface area contributed by atoms with Crippen molar-refractivity contribution < 1.29 is 9.18 Å². The molecule has 74 valence electrons. The Labute approximate surface area is 82.9 Å². The maximum Gasteiger partial charge on any atom is 0.132 e. The zero-order chi connectivity index (χ0) is 10.1. The highest BCUT2D eigenvalue weighted by molar-refractivity contribution is 5.79. The van der Waals surface area contributed by atoms with Gasteiger partial charge in [-0.2, -0.15) is 0 Å². The van der Waals surface area contributed by atoms with Gasteiger partial charge in [-0.1, -0.05) is 12.1 Å². The van der Waals surface area contributed by atoms with Gasteiger partial charge in [-0.25, -0.2) is 4.39 Å². The van der Waals surface area contributed by atoms with Gasteiger partial charge < -0.3 is 0 Å². The molecule has 0 atom stereocenters. The molecule has 0 aromatic heterocycles. The summed E-state index contributed by atoms with van der Waals surface area (Å²) in [5, 5.41) is 0. The van der Waals surface area contributed by atoms with Crippen LogP contribution in [0.3, 0.4) is 0 Å². The summed E-state index contributed by atoms with van der Waals surface area (Å²) in [7, 11) is 0. The third kappa shape index (κ3) is 1.69. The monoisotopic (exact) mass is 192 g/mol. The molecule has 0 aliphatic heterocycles. The Morgan fingerprint density at radius 1 is 1.29 bits per heavy atom. The molecule has 14 heavy (non-hydrogen) atoms. The van der Waals surface area contributed by atoms with Gasteiger partial charge in [-0.15, -0.1) is 0 Å². The van der Waals surface area contributed by atoms with Gasteiger partial charge in [0.1, 0.15) is 11.6 Å². The fourth-order valence-electron chi connectivity index (χ4n) is 1.96. The first kappa shape index (κ1) is 9.38. The van der Waals surface area contributed by atoms with Crippen molar-refractivity contribution in [3.63, 3.8) is 0 Å². The number of hydrogen-bond acceptors (Lipinski definition) is 1. The number of rotatable bonds is 2.